The molecule has 3 aliphatic carbocycles. The van der Waals surface area contributed by atoms with Crippen LogP contribution in [0.5, 0.6) is 0 Å². The van der Waals surface area contributed by atoms with Gasteiger partial charge >= 0.3 is 0 Å². The van der Waals surface area contributed by atoms with Crippen LogP contribution in [0, 0.1) is 5.92 Å². The summed E-state index contributed by atoms with van der Waals surface area (Å²) >= 11 is 1.91. The molecule has 2 fully saturated rings. The number of amides is 1. The van der Waals surface area contributed by atoms with Gasteiger partial charge in [0, 0.05) is 22.0 Å². The Labute approximate surface area is 213 Å². The third-order valence-corrected chi connectivity index (χ3v) is 8.54. The molecule has 3 aliphatic rings. The van der Waals surface area contributed by atoms with Crippen LogP contribution in [0.4, 0.5) is 0 Å². The van der Waals surface area contributed by atoms with Crippen molar-refractivity contribution >= 4 is 22.8 Å². The molecule has 182 valence electrons. The molecule has 3 nitrogen and oxygen atoms in total. The Morgan fingerprint density at radius 1 is 1.11 bits per heavy atom. The zero-order valence-corrected chi connectivity index (χ0v) is 21.8. The monoisotopic (exact) mass is 484 g/mol. The molecule has 0 bridgehead atoms. The number of carbonyl (C=O) groups excluding carboxylic acids is 1. The summed E-state index contributed by atoms with van der Waals surface area (Å²) in [6.45, 7) is 8.99. The molecule has 0 saturated heterocycles. The minimum Gasteiger partial charge on any atom is -0.380 e. The average Bonchev–Trinajstić information content (AvgIpc) is 3.77. The predicted octanol–water partition coefficient (Wildman–Crippen LogP) is 7.18. The predicted molar refractivity (Wildman–Crippen MR) is 147 cm³/mol. The van der Waals surface area contributed by atoms with E-state index in [1.165, 1.54) is 40.2 Å². The van der Waals surface area contributed by atoms with E-state index in [-0.39, 0.29) is 11.4 Å². The molecule has 35 heavy (non-hydrogen) atoms. The van der Waals surface area contributed by atoms with E-state index < -0.39 is 0 Å². The van der Waals surface area contributed by atoms with E-state index in [0.717, 1.165) is 60.6 Å². The summed E-state index contributed by atoms with van der Waals surface area (Å²) in [5.74, 6) is 0.911. The van der Waals surface area contributed by atoms with Crippen molar-refractivity contribution in [2.24, 2.45) is 5.92 Å². The summed E-state index contributed by atoms with van der Waals surface area (Å²) in [5, 5.41) is 7.07. The van der Waals surface area contributed by atoms with Crippen LogP contribution >= 0.6 is 11.3 Å². The summed E-state index contributed by atoms with van der Waals surface area (Å²) in [7, 11) is 0. The van der Waals surface area contributed by atoms with Gasteiger partial charge in [0.25, 0.3) is 5.91 Å². The number of carbonyl (C=O) groups is 1. The maximum absolute atomic E-state index is 13.7. The van der Waals surface area contributed by atoms with Gasteiger partial charge in [0.1, 0.15) is 0 Å². The molecule has 5 rings (SSSR count). The van der Waals surface area contributed by atoms with Crippen molar-refractivity contribution in [3.05, 3.63) is 98.9 Å². The van der Waals surface area contributed by atoms with Gasteiger partial charge in [-0.15, -0.1) is 11.3 Å². The largest absolute Gasteiger partial charge is 0.380 e. The van der Waals surface area contributed by atoms with Crippen molar-refractivity contribution in [3.63, 3.8) is 0 Å². The van der Waals surface area contributed by atoms with Crippen LogP contribution in [0.25, 0.3) is 5.57 Å². The van der Waals surface area contributed by atoms with Gasteiger partial charge in [-0.1, -0.05) is 55.5 Å². The van der Waals surface area contributed by atoms with E-state index in [2.05, 4.69) is 66.6 Å². The van der Waals surface area contributed by atoms with Crippen LogP contribution in [0.2, 0.25) is 0 Å². The standard InChI is InChI=1S/C31H36N2OS/c1-4-23-7-5-6-8-28(29(23)32-20-27-16-15-26(35-27)19-22-9-10-22)30(34)33-31(17-18-31)25-13-11-24(12-14-25)21(2)3/h5-6,8,11-16,22,32H,2,4,7,9-10,17-20H2,1,3H3,(H,33,34). The van der Waals surface area contributed by atoms with E-state index in [4.69, 9.17) is 0 Å². The van der Waals surface area contributed by atoms with Crippen LogP contribution in [-0.2, 0) is 23.3 Å². The number of hydrogen-bond donors (Lipinski definition) is 2. The fraction of sp³-hybridized carbons (Fsp3) is 0.387. The Hall–Kier alpha value is -2.85. The van der Waals surface area contributed by atoms with E-state index in [1.807, 2.05) is 30.4 Å². The Kier molecular flexibility index (Phi) is 6.84. The lowest BCUT2D eigenvalue weighted by Crippen LogP contribution is -2.37. The lowest BCUT2D eigenvalue weighted by Gasteiger charge is -2.22. The van der Waals surface area contributed by atoms with Crippen molar-refractivity contribution in [2.45, 2.75) is 70.9 Å². The molecule has 0 atom stereocenters. The molecule has 0 spiro atoms. The Bertz CT molecular complexity index is 1200. The summed E-state index contributed by atoms with van der Waals surface area (Å²) in [5.41, 5.74) is 6.14. The fourth-order valence-electron chi connectivity index (χ4n) is 4.86. The normalized spacial score (nSPS) is 18.6. The second-order valence-corrected chi connectivity index (χ2v) is 11.6. The quantitative estimate of drug-likeness (QED) is 0.375. The first kappa shape index (κ1) is 23.9. The first-order chi connectivity index (χ1) is 17.0. The summed E-state index contributed by atoms with van der Waals surface area (Å²) < 4.78 is 0. The third kappa shape index (κ3) is 5.54. The van der Waals surface area contributed by atoms with Gasteiger partial charge in [0.15, 0.2) is 0 Å². The number of allylic oxidation sites excluding steroid dienone is 5. The highest BCUT2D eigenvalue weighted by Gasteiger charge is 2.46. The molecule has 1 heterocycles. The Balaban J connectivity index is 1.31. The summed E-state index contributed by atoms with van der Waals surface area (Å²) in [4.78, 5) is 16.5. The molecule has 1 aromatic heterocycles. The molecule has 2 N–H and O–H groups in total. The lowest BCUT2D eigenvalue weighted by atomic mass is 9.99. The maximum Gasteiger partial charge on any atom is 0.254 e. The van der Waals surface area contributed by atoms with Gasteiger partial charge < -0.3 is 10.6 Å². The molecular formula is C31H36N2OS. The number of rotatable bonds is 10. The number of hydrogen-bond acceptors (Lipinski definition) is 3. The zero-order chi connectivity index (χ0) is 24.4. The van der Waals surface area contributed by atoms with Crippen molar-refractivity contribution in [1.29, 1.82) is 0 Å². The molecule has 2 aromatic rings. The second kappa shape index (κ2) is 10.0. The van der Waals surface area contributed by atoms with Gasteiger partial charge in [-0.2, -0.15) is 0 Å². The molecule has 0 unspecified atom stereocenters. The van der Waals surface area contributed by atoms with Crippen LogP contribution in [0.3, 0.4) is 0 Å². The van der Waals surface area contributed by atoms with Gasteiger partial charge in [-0.05, 0) is 92.7 Å². The Morgan fingerprint density at radius 3 is 2.51 bits per heavy atom. The number of benzene rings is 1. The second-order valence-electron chi connectivity index (χ2n) is 10.3. The van der Waals surface area contributed by atoms with Crippen molar-refractivity contribution in [3.8, 4) is 0 Å². The number of thiophene rings is 1. The highest BCUT2D eigenvalue weighted by Crippen LogP contribution is 2.46. The topological polar surface area (TPSA) is 41.1 Å². The van der Waals surface area contributed by atoms with E-state index in [0.29, 0.717) is 0 Å². The first-order valence-electron chi connectivity index (χ1n) is 13.0. The average molecular weight is 485 g/mol. The van der Waals surface area contributed by atoms with Gasteiger partial charge in [-0.25, -0.2) is 0 Å². The molecular weight excluding hydrogens is 448 g/mol. The molecule has 1 amide bonds. The number of nitrogens with one attached hydrogen (secondary N) is 2. The van der Waals surface area contributed by atoms with E-state index in [9.17, 15) is 4.79 Å². The summed E-state index contributed by atoms with van der Waals surface area (Å²) in [6.07, 6.45) is 13.9. The molecule has 4 heteroatoms. The van der Waals surface area contributed by atoms with Crippen molar-refractivity contribution in [2.75, 3.05) is 0 Å². The minimum atomic E-state index is -0.259. The van der Waals surface area contributed by atoms with Crippen molar-refractivity contribution in [1.82, 2.24) is 10.6 Å². The minimum absolute atomic E-state index is 0.00656. The van der Waals surface area contributed by atoms with Crippen LogP contribution < -0.4 is 10.6 Å². The van der Waals surface area contributed by atoms with Crippen LogP contribution in [0.15, 0.2) is 78.0 Å². The highest BCUT2D eigenvalue weighted by molar-refractivity contribution is 7.11. The summed E-state index contributed by atoms with van der Waals surface area (Å²) in [6, 6.07) is 13.0. The van der Waals surface area contributed by atoms with E-state index >= 15 is 0 Å². The van der Waals surface area contributed by atoms with Crippen LogP contribution in [-0.4, -0.2) is 5.91 Å². The highest BCUT2D eigenvalue weighted by atomic mass is 32.1. The fourth-order valence-corrected chi connectivity index (χ4v) is 5.93. The molecule has 0 radical (unpaired) electrons. The zero-order valence-electron chi connectivity index (χ0n) is 21.0. The Morgan fingerprint density at radius 2 is 1.86 bits per heavy atom. The van der Waals surface area contributed by atoms with E-state index in [1.54, 1.807) is 0 Å². The third-order valence-electron chi connectivity index (χ3n) is 7.43. The first-order valence-corrected chi connectivity index (χ1v) is 13.8. The van der Waals surface area contributed by atoms with Gasteiger partial charge in [0.2, 0.25) is 0 Å². The van der Waals surface area contributed by atoms with Gasteiger partial charge in [0.05, 0.1) is 11.1 Å². The van der Waals surface area contributed by atoms with Gasteiger partial charge in [-0.3, -0.25) is 4.79 Å². The lowest BCUT2D eigenvalue weighted by molar-refractivity contribution is -0.118. The molecule has 2 saturated carbocycles. The smallest absolute Gasteiger partial charge is 0.254 e. The molecule has 1 aromatic carbocycles. The van der Waals surface area contributed by atoms with Crippen molar-refractivity contribution < 1.29 is 4.79 Å². The maximum atomic E-state index is 13.7. The van der Waals surface area contributed by atoms with Crippen LogP contribution in [0.1, 0.15) is 73.3 Å². The molecule has 0 aliphatic heterocycles. The SMILES string of the molecule is C=C(C)c1ccc(C2(NC(=O)C3=CC=CCC(CC)=C3NCc3ccc(CC4CC4)s3)CC2)cc1.